The average Bonchev–Trinajstić information content (AvgIpc) is 2.27. The molecule has 2 rings (SSSR count). The summed E-state index contributed by atoms with van der Waals surface area (Å²) in [7, 11) is 0. The van der Waals surface area contributed by atoms with Gasteiger partial charge >= 0.3 is 0 Å². The first-order valence-electron chi connectivity index (χ1n) is 3.29. The van der Waals surface area contributed by atoms with Crippen molar-refractivity contribution in [1.29, 1.82) is 0 Å². The normalized spacial score (nSPS) is 9.75. The molecule has 2 aromatic rings. The molecular weight excluding hydrogens is 195 g/mol. The van der Waals surface area contributed by atoms with Crippen LogP contribution in [0, 0.1) is 0 Å². The Morgan fingerprint density at radius 3 is 2.75 bits per heavy atom. The predicted molar refractivity (Wildman–Crippen MR) is 55.0 cm³/mol. The van der Waals surface area contributed by atoms with Crippen LogP contribution in [-0.4, -0.2) is 4.98 Å². The summed E-state index contributed by atoms with van der Waals surface area (Å²) in [5.41, 5.74) is 6.56. The lowest BCUT2D eigenvalue weighted by Gasteiger charge is -1.88. The fourth-order valence-electron chi connectivity index (χ4n) is 1.13. The first-order valence-corrected chi connectivity index (χ1v) is 3.67. The van der Waals surface area contributed by atoms with Crippen LogP contribution in [0.15, 0.2) is 24.3 Å². The van der Waals surface area contributed by atoms with Crippen LogP contribution >= 0.6 is 24.0 Å². The maximum atomic E-state index is 5.77. The quantitative estimate of drug-likeness (QED) is 0.679. The number of benzene rings is 1. The molecule has 1 heterocycles. The molecule has 0 aliphatic carbocycles. The number of nitrogens with one attached hydrogen (secondary N) is 1. The number of rotatable bonds is 0. The molecule has 2 nitrogen and oxygen atoms in total. The molecular formula is C8H8Cl2N2. The van der Waals surface area contributed by atoms with Gasteiger partial charge in [-0.05, 0) is 24.3 Å². The van der Waals surface area contributed by atoms with Crippen molar-refractivity contribution in [2.75, 3.05) is 5.73 Å². The van der Waals surface area contributed by atoms with Gasteiger partial charge in [0.25, 0.3) is 0 Å². The van der Waals surface area contributed by atoms with E-state index in [1.807, 2.05) is 24.3 Å². The van der Waals surface area contributed by atoms with Crippen molar-refractivity contribution < 1.29 is 0 Å². The van der Waals surface area contributed by atoms with Crippen LogP contribution in [0.2, 0.25) is 5.02 Å². The number of hydrogen-bond donors (Lipinski definition) is 2. The summed E-state index contributed by atoms with van der Waals surface area (Å²) in [5, 5.41) is 1.78. The van der Waals surface area contributed by atoms with Crippen LogP contribution in [0.4, 0.5) is 5.82 Å². The fraction of sp³-hybridized carbons (Fsp3) is 0. The highest BCUT2D eigenvalue weighted by Gasteiger charge is 1.96. The number of aromatic amines is 1. The molecule has 0 amide bonds. The second-order valence-corrected chi connectivity index (χ2v) is 2.89. The molecule has 0 aliphatic heterocycles. The first kappa shape index (κ1) is 9.23. The molecule has 1 aromatic heterocycles. The minimum Gasteiger partial charge on any atom is -0.385 e. The van der Waals surface area contributed by atoms with Crippen molar-refractivity contribution in [3.63, 3.8) is 0 Å². The second-order valence-electron chi connectivity index (χ2n) is 2.46. The van der Waals surface area contributed by atoms with Crippen LogP contribution in [0.5, 0.6) is 0 Å². The van der Waals surface area contributed by atoms with Gasteiger partial charge in [0, 0.05) is 15.9 Å². The Bertz CT molecular complexity index is 395. The van der Waals surface area contributed by atoms with Crippen molar-refractivity contribution >= 4 is 40.7 Å². The number of aromatic nitrogens is 1. The third-order valence-corrected chi connectivity index (χ3v) is 1.84. The molecule has 0 saturated heterocycles. The van der Waals surface area contributed by atoms with Gasteiger partial charge < -0.3 is 10.7 Å². The van der Waals surface area contributed by atoms with Gasteiger partial charge in [-0.15, -0.1) is 12.4 Å². The number of H-pyrrole nitrogens is 1. The molecule has 0 spiro atoms. The smallest absolute Gasteiger partial charge is 0.101 e. The van der Waals surface area contributed by atoms with E-state index in [1.54, 1.807) is 0 Å². The molecule has 0 unspecified atom stereocenters. The Kier molecular flexibility index (Phi) is 2.50. The fourth-order valence-corrected chi connectivity index (χ4v) is 1.31. The maximum absolute atomic E-state index is 5.77. The highest BCUT2D eigenvalue weighted by atomic mass is 35.5. The molecule has 0 atom stereocenters. The molecule has 12 heavy (non-hydrogen) atoms. The summed E-state index contributed by atoms with van der Waals surface area (Å²) in [4.78, 5) is 3.00. The van der Waals surface area contributed by atoms with E-state index in [1.165, 1.54) is 0 Å². The van der Waals surface area contributed by atoms with Gasteiger partial charge in [-0.1, -0.05) is 11.6 Å². The summed E-state index contributed by atoms with van der Waals surface area (Å²) < 4.78 is 0. The van der Waals surface area contributed by atoms with Gasteiger partial charge in [0.05, 0.1) is 0 Å². The molecule has 0 aliphatic rings. The van der Waals surface area contributed by atoms with Crippen LogP contribution in [0.25, 0.3) is 10.9 Å². The Balaban J connectivity index is 0.000000720. The van der Waals surface area contributed by atoms with Crippen LogP contribution in [-0.2, 0) is 0 Å². The monoisotopic (exact) mass is 202 g/mol. The zero-order chi connectivity index (χ0) is 7.84. The summed E-state index contributed by atoms with van der Waals surface area (Å²) in [6.45, 7) is 0. The standard InChI is InChI=1S/C8H7ClN2.ClH/c9-6-1-2-7-5(3-6)4-8(10)11-7;/h1-4,11H,10H2;1H. The number of nitrogen functional groups attached to an aromatic ring is 1. The minimum atomic E-state index is 0. The molecule has 1 aromatic carbocycles. The average molecular weight is 203 g/mol. The molecule has 0 bridgehead atoms. The lowest BCUT2D eigenvalue weighted by molar-refractivity contribution is 1.47. The highest BCUT2D eigenvalue weighted by Crippen LogP contribution is 2.20. The summed E-state index contributed by atoms with van der Waals surface area (Å²) in [6.07, 6.45) is 0. The van der Waals surface area contributed by atoms with Crippen molar-refractivity contribution in [2.24, 2.45) is 0 Å². The topological polar surface area (TPSA) is 41.8 Å². The third-order valence-electron chi connectivity index (χ3n) is 1.60. The van der Waals surface area contributed by atoms with E-state index in [4.69, 9.17) is 17.3 Å². The van der Waals surface area contributed by atoms with Gasteiger partial charge in [-0.25, -0.2) is 0 Å². The van der Waals surface area contributed by atoms with Crippen LogP contribution in [0.3, 0.4) is 0 Å². The molecule has 0 radical (unpaired) electrons. The Hall–Kier alpha value is -0.860. The number of halogens is 2. The van der Waals surface area contributed by atoms with Crippen molar-refractivity contribution in [2.45, 2.75) is 0 Å². The first-order chi connectivity index (χ1) is 5.25. The minimum absolute atomic E-state index is 0. The van der Waals surface area contributed by atoms with Crippen LogP contribution < -0.4 is 5.73 Å². The zero-order valence-corrected chi connectivity index (χ0v) is 7.75. The van der Waals surface area contributed by atoms with E-state index in [2.05, 4.69) is 4.98 Å². The molecule has 4 heteroatoms. The number of hydrogen-bond acceptors (Lipinski definition) is 1. The number of nitrogens with two attached hydrogens (primary N) is 1. The van der Waals surface area contributed by atoms with Crippen molar-refractivity contribution in [1.82, 2.24) is 4.98 Å². The van der Waals surface area contributed by atoms with Gasteiger partial charge in [0.1, 0.15) is 5.82 Å². The van der Waals surface area contributed by atoms with Crippen molar-refractivity contribution in [3.05, 3.63) is 29.3 Å². The zero-order valence-electron chi connectivity index (χ0n) is 6.17. The van der Waals surface area contributed by atoms with Gasteiger partial charge in [-0.3, -0.25) is 0 Å². The van der Waals surface area contributed by atoms with Gasteiger partial charge in [0.2, 0.25) is 0 Å². The Morgan fingerprint density at radius 2 is 2.00 bits per heavy atom. The number of fused-ring (bicyclic) bond motifs is 1. The Morgan fingerprint density at radius 1 is 1.25 bits per heavy atom. The van der Waals surface area contributed by atoms with Gasteiger partial charge in [0.15, 0.2) is 0 Å². The predicted octanol–water partition coefficient (Wildman–Crippen LogP) is 2.83. The van der Waals surface area contributed by atoms with E-state index < -0.39 is 0 Å². The molecule has 3 N–H and O–H groups in total. The molecule has 0 fully saturated rings. The van der Waals surface area contributed by atoms with E-state index in [9.17, 15) is 0 Å². The molecule has 64 valence electrons. The van der Waals surface area contributed by atoms with E-state index in [0.717, 1.165) is 15.9 Å². The maximum Gasteiger partial charge on any atom is 0.101 e. The van der Waals surface area contributed by atoms with Crippen LogP contribution in [0.1, 0.15) is 0 Å². The van der Waals surface area contributed by atoms with Gasteiger partial charge in [-0.2, -0.15) is 0 Å². The third kappa shape index (κ3) is 1.49. The highest BCUT2D eigenvalue weighted by molar-refractivity contribution is 6.31. The van der Waals surface area contributed by atoms with E-state index in [-0.39, 0.29) is 12.4 Å². The van der Waals surface area contributed by atoms with E-state index in [0.29, 0.717) is 5.82 Å². The lowest BCUT2D eigenvalue weighted by atomic mass is 10.2. The van der Waals surface area contributed by atoms with E-state index >= 15 is 0 Å². The second kappa shape index (κ2) is 3.25. The van der Waals surface area contributed by atoms with Crippen molar-refractivity contribution in [3.8, 4) is 0 Å². The molecule has 0 saturated carbocycles. The summed E-state index contributed by atoms with van der Waals surface area (Å²) in [6, 6.07) is 7.48. The summed E-state index contributed by atoms with van der Waals surface area (Å²) >= 11 is 5.77. The lowest BCUT2D eigenvalue weighted by Crippen LogP contribution is -1.80. The summed E-state index contributed by atoms with van der Waals surface area (Å²) in [5.74, 6) is 0.669. The largest absolute Gasteiger partial charge is 0.385 e. The Labute approximate surface area is 81.1 Å². The SMILES string of the molecule is Cl.Nc1cc2cc(Cl)ccc2[nH]1. The number of anilines is 1.